The molecule has 0 aromatic carbocycles. The number of carbonyl (C=O) groups excluding carboxylic acids is 1. The van der Waals surface area contributed by atoms with Crippen LogP contribution < -0.4 is 5.32 Å². The number of hydrogen-bond donors (Lipinski definition) is 1. The van der Waals surface area contributed by atoms with E-state index in [2.05, 4.69) is 24.1 Å². The van der Waals surface area contributed by atoms with Crippen molar-refractivity contribution < 1.29 is 9.53 Å². The lowest BCUT2D eigenvalue weighted by atomic mass is 9.76. The molecule has 0 aromatic heterocycles. The molecule has 4 heteroatoms. The summed E-state index contributed by atoms with van der Waals surface area (Å²) in [5.41, 5.74) is -0.372. The standard InChI is InChI=1S/C13H26N2O2/c1-4-15(5-2)11-10-14-13(8-7-9-13)12(16)17-6-3/h14H,4-11H2,1-3H3. The minimum atomic E-state index is -0.372. The van der Waals surface area contributed by atoms with E-state index in [9.17, 15) is 4.79 Å². The number of ether oxygens (including phenoxy) is 1. The van der Waals surface area contributed by atoms with Gasteiger partial charge in [0.1, 0.15) is 5.54 Å². The Bertz CT molecular complexity index is 236. The Morgan fingerprint density at radius 3 is 2.35 bits per heavy atom. The Balaban J connectivity index is 2.34. The third-order valence-electron chi connectivity index (χ3n) is 3.66. The highest BCUT2D eigenvalue weighted by atomic mass is 16.5. The van der Waals surface area contributed by atoms with Crippen molar-refractivity contribution in [3.63, 3.8) is 0 Å². The molecular weight excluding hydrogens is 216 g/mol. The van der Waals surface area contributed by atoms with Crippen LogP contribution in [0.15, 0.2) is 0 Å². The molecule has 1 saturated carbocycles. The van der Waals surface area contributed by atoms with E-state index in [0.717, 1.165) is 45.4 Å². The normalized spacial score (nSPS) is 17.9. The second-order valence-corrected chi connectivity index (χ2v) is 4.61. The summed E-state index contributed by atoms with van der Waals surface area (Å²) in [6.45, 7) is 10.6. The maximum absolute atomic E-state index is 11.9. The molecule has 0 spiro atoms. The van der Waals surface area contributed by atoms with Crippen molar-refractivity contribution >= 4 is 5.97 Å². The van der Waals surface area contributed by atoms with E-state index in [1.54, 1.807) is 0 Å². The molecule has 17 heavy (non-hydrogen) atoms. The second-order valence-electron chi connectivity index (χ2n) is 4.61. The predicted molar refractivity (Wildman–Crippen MR) is 69.0 cm³/mol. The number of nitrogens with one attached hydrogen (secondary N) is 1. The molecule has 1 aliphatic carbocycles. The summed E-state index contributed by atoms with van der Waals surface area (Å²) in [6.07, 6.45) is 2.96. The summed E-state index contributed by atoms with van der Waals surface area (Å²) in [7, 11) is 0. The zero-order valence-corrected chi connectivity index (χ0v) is 11.4. The summed E-state index contributed by atoms with van der Waals surface area (Å²) in [4.78, 5) is 14.2. The maximum atomic E-state index is 11.9. The van der Waals surface area contributed by atoms with E-state index in [4.69, 9.17) is 4.74 Å². The average molecular weight is 242 g/mol. The Hall–Kier alpha value is -0.610. The van der Waals surface area contributed by atoms with Gasteiger partial charge in [-0.15, -0.1) is 0 Å². The smallest absolute Gasteiger partial charge is 0.326 e. The first-order chi connectivity index (χ1) is 8.18. The minimum Gasteiger partial charge on any atom is -0.465 e. The van der Waals surface area contributed by atoms with Crippen molar-refractivity contribution in [1.82, 2.24) is 10.2 Å². The van der Waals surface area contributed by atoms with Crippen LogP contribution in [0, 0.1) is 0 Å². The molecule has 1 aliphatic rings. The Morgan fingerprint density at radius 1 is 1.29 bits per heavy atom. The highest BCUT2D eigenvalue weighted by Crippen LogP contribution is 2.32. The maximum Gasteiger partial charge on any atom is 0.326 e. The van der Waals surface area contributed by atoms with Gasteiger partial charge in [0.05, 0.1) is 6.61 Å². The van der Waals surface area contributed by atoms with Gasteiger partial charge in [-0.3, -0.25) is 4.79 Å². The number of hydrogen-bond acceptors (Lipinski definition) is 4. The van der Waals surface area contributed by atoms with Crippen LogP contribution in [0.5, 0.6) is 0 Å². The molecule has 0 bridgehead atoms. The van der Waals surface area contributed by atoms with Crippen molar-refractivity contribution in [2.45, 2.75) is 45.6 Å². The minimum absolute atomic E-state index is 0.0641. The van der Waals surface area contributed by atoms with Crippen molar-refractivity contribution in [2.24, 2.45) is 0 Å². The van der Waals surface area contributed by atoms with Crippen molar-refractivity contribution in [2.75, 3.05) is 32.8 Å². The monoisotopic (exact) mass is 242 g/mol. The molecule has 0 radical (unpaired) electrons. The molecule has 100 valence electrons. The van der Waals surface area contributed by atoms with Gasteiger partial charge in [-0.05, 0) is 39.3 Å². The topological polar surface area (TPSA) is 41.6 Å². The fraction of sp³-hybridized carbons (Fsp3) is 0.923. The Labute approximate surface area is 105 Å². The number of nitrogens with zero attached hydrogens (tertiary/aromatic N) is 1. The molecule has 0 saturated heterocycles. The van der Waals surface area contributed by atoms with Crippen molar-refractivity contribution in [3.05, 3.63) is 0 Å². The predicted octanol–water partition coefficient (Wildman–Crippen LogP) is 1.40. The van der Waals surface area contributed by atoms with Gasteiger partial charge in [-0.2, -0.15) is 0 Å². The van der Waals surface area contributed by atoms with E-state index >= 15 is 0 Å². The Kier molecular flexibility index (Phi) is 5.92. The van der Waals surface area contributed by atoms with Gasteiger partial charge in [0.15, 0.2) is 0 Å². The van der Waals surface area contributed by atoms with Crippen LogP contribution in [-0.2, 0) is 9.53 Å². The molecule has 0 aromatic rings. The molecule has 1 fully saturated rings. The number of carbonyl (C=O) groups is 1. The first kappa shape index (κ1) is 14.5. The van der Waals surface area contributed by atoms with E-state index in [1.165, 1.54) is 0 Å². The van der Waals surface area contributed by atoms with E-state index in [-0.39, 0.29) is 11.5 Å². The molecule has 0 amide bonds. The van der Waals surface area contributed by atoms with Gasteiger partial charge in [-0.25, -0.2) is 0 Å². The van der Waals surface area contributed by atoms with Gasteiger partial charge >= 0.3 is 5.97 Å². The highest BCUT2D eigenvalue weighted by Gasteiger charge is 2.44. The summed E-state index contributed by atoms with van der Waals surface area (Å²) in [5.74, 6) is -0.0641. The highest BCUT2D eigenvalue weighted by molar-refractivity contribution is 5.82. The molecule has 1 N–H and O–H groups in total. The van der Waals surface area contributed by atoms with E-state index < -0.39 is 0 Å². The number of rotatable bonds is 8. The summed E-state index contributed by atoms with van der Waals surface area (Å²) < 4.78 is 5.14. The van der Waals surface area contributed by atoms with Crippen LogP contribution in [0.2, 0.25) is 0 Å². The van der Waals surface area contributed by atoms with E-state index in [0.29, 0.717) is 6.61 Å². The first-order valence-electron chi connectivity index (χ1n) is 6.83. The van der Waals surface area contributed by atoms with Crippen molar-refractivity contribution in [3.8, 4) is 0 Å². The third-order valence-corrected chi connectivity index (χ3v) is 3.66. The lowest BCUT2D eigenvalue weighted by Crippen LogP contribution is -2.59. The summed E-state index contributed by atoms with van der Waals surface area (Å²) in [6, 6.07) is 0. The van der Waals surface area contributed by atoms with Crippen LogP contribution >= 0.6 is 0 Å². The lowest BCUT2D eigenvalue weighted by molar-refractivity contribution is -0.155. The molecular formula is C13H26N2O2. The number of likely N-dealkylation sites (N-methyl/N-ethyl adjacent to an activating group) is 1. The zero-order chi connectivity index (χ0) is 12.7. The third kappa shape index (κ3) is 3.68. The molecule has 1 rings (SSSR count). The summed E-state index contributed by atoms with van der Waals surface area (Å²) >= 11 is 0. The van der Waals surface area contributed by atoms with Crippen LogP contribution in [0.25, 0.3) is 0 Å². The lowest BCUT2D eigenvalue weighted by Gasteiger charge is -2.40. The van der Waals surface area contributed by atoms with Gasteiger partial charge < -0.3 is 15.0 Å². The zero-order valence-electron chi connectivity index (χ0n) is 11.4. The van der Waals surface area contributed by atoms with Crippen LogP contribution in [0.1, 0.15) is 40.0 Å². The molecule has 0 atom stereocenters. The van der Waals surface area contributed by atoms with E-state index in [1.807, 2.05) is 6.92 Å². The fourth-order valence-electron chi connectivity index (χ4n) is 2.25. The van der Waals surface area contributed by atoms with Gasteiger partial charge in [0.2, 0.25) is 0 Å². The average Bonchev–Trinajstić information content (AvgIpc) is 2.27. The number of esters is 1. The van der Waals surface area contributed by atoms with Gasteiger partial charge in [0.25, 0.3) is 0 Å². The van der Waals surface area contributed by atoms with Gasteiger partial charge in [-0.1, -0.05) is 13.8 Å². The summed E-state index contributed by atoms with van der Waals surface area (Å²) in [5, 5.41) is 3.40. The molecule has 4 nitrogen and oxygen atoms in total. The fourth-order valence-corrected chi connectivity index (χ4v) is 2.25. The second kappa shape index (κ2) is 6.97. The largest absolute Gasteiger partial charge is 0.465 e. The van der Waals surface area contributed by atoms with Crippen molar-refractivity contribution in [1.29, 1.82) is 0 Å². The Morgan fingerprint density at radius 2 is 1.94 bits per heavy atom. The molecule has 0 aliphatic heterocycles. The first-order valence-corrected chi connectivity index (χ1v) is 6.83. The molecule has 0 heterocycles. The van der Waals surface area contributed by atoms with Crippen LogP contribution in [-0.4, -0.2) is 49.2 Å². The van der Waals surface area contributed by atoms with Gasteiger partial charge in [0, 0.05) is 13.1 Å². The van der Waals surface area contributed by atoms with Crippen LogP contribution in [0.4, 0.5) is 0 Å². The SMILES string of the molecule is CCOC(=O)C1(NCCN(CC)CC)CCC1. The quantitative estimate of drug-likeness (QED) is 0.653. The van der Waals surface area contributed by atoms with Crippen LogP contribution in [0.3, 0.4) is 0 Å². The molecule has 0 unspecified atom stereocenters.